The van der Waals surface area contributed by atoms with Crippen molar-refractivity contribution in [2.45, 2.75) is 354 Å². The van der Waals surface area contributed by atoms with Crippen molar-refractivity contribution in [3.63, 3.8) is 0 Å². The van der Waals surface area contributed by atoms with Crippen molar-refractivity contribution in [3.8, 4) is 0 Å². The van der Waals surface area contributed by atoms with Gasteiger partial charge in [0.05, 0.1) is 0 Å². The molecule has 0 aromatic rings. The van der Waals surface area contributed by atoms with Gasteiger partial charge in [0.2, 0.25) is 0 Å². The van der Waals surface area contributed by atoms with Crippen molar-refractivity contribution in [3.05, 3.63) is 36.5 Å². The fourth-order valence-electron chi connectivity index (χ4n) is 9.53. The van der Waals surface area contributed by atoms with E-state index >= 15 is 0 Å². The van der Waals surface area contributed by atoms with E-state index < -0.39 is 6.10 Å². The summed E-state index contributed by atoms with van der Waals surface area (Å²) >= 11 is 0. The minimum Gasteiger partial charge on any atom is -0.462 e. The predicted molar refractivity (Wildman–Crippen MR) is 312 cm³/mol. The molecule has 0 aromatic carbocycles. The van der Waals surface area contributed by atoms with Crippen molar-refractivity contribution in [2.75, 3.05) is 13.2 Å². The van der Waals surface area contributed by atoms with Crippen LogP contribution in [0.15, 0.2) is 36.5 Å². The monoisotopic (exact) mass is 1010 g/mol. The van der Waals surface area contributed by atoms with Crippen molar-refractivity contribution in [2.24, 2.45) is 0 Å². The van der Waals surface area contributed by atoms with Crippen LogP contribution in [0.2, 0.25) is 0 Å². The van der Waals surface area contributed by atoms with Crippen LogP contribution in [0, 0.1) is 0 Å². The molecular weight excluding hydrogens is 889 g/mol. The fraction of sp³-hybridized carbons (Fsp3) is 0.864. The number of hydrogen-bond donors (Lipinski definition) is 0. The Morgan fingerprint density at radius 2 is 0.500 bits per heavy atom. The second-order valence-electron chi connectivity index (χ2n) is 21.7. The summed E-state index contributed by atoms with van der Waals surface area (Å²) in [5.74, 6) is -0.876. The van der Waals surface area contributed by atoms with E-state index in [4.69, 9.17) is 14.2 Å². The van der Waals surface area contributed by atoms with Crippen molar-refractivity contribution >= 4 is 17.9 Å². The van der Waals surface area contributed by atoms with Crippen LogP contribution in [0.3, 0.4) is 0 Å². The summed E-state index contributed by atoms with van der Waals surface area (Å²) in [6.45, 7) is 6.61. The molecule has 0 aromatic heterocycles. The lowest BCUT2D eigenvalue weighted by atomic mass is 10.0. The summed E-state index contributed by atoms with van der Waals surface area (Å²) in [6.07, 6.45) is 74.8. The molecule has 0 aliphatic rings. The van der Waals surface area contributed by atoms with Crippen LogP contribution in [0.5, 0.6) is 0 Å². The van der Waals surface area contributed by atoms with Gasteiger partial charge in [-0.3, -0.25) is 14.4 Å². The van der Waals surface area contributed by atoms with Gasteiger partial charge in [-0.05, 0) is 77.0 Å². The molecule has 0 saturated heterocycles. The lowest BCUT2D eigenvalue weighted by Gasteiger charge is -2.18. The lowest BCUT2D eigenvalue weighted by Crippen LogP contribution is -2.30. The molecule has 0 radical (unpaired) electrons. The second-order valence-corrected chi connectivity index (χ2v) is 21.7. The molecular formula is C66H122O6. The van der Waals surface area contributed by atoms with Gasteiger partial charge >= 0.3 is 17.9 Å². The van der Waals surface area contributed by atoms with E-state index in [2.05, 4.69) is 57.2 Å². The minimum absolute atomic E-state index is 0.0738. The number of hydrogen-bond acceptors (Lipinski definition) is 6. The Kier molecular flexibility index (Phi) is 59.2. The first-order valence-electron chi connectivity index (χ1n) is 32.0. The number of allylic oxidation sites excluding steroid dienone is 6. The van der Waals surface area contributed by atoms with Gasteiger partial charge in [0.1, 0.15) is 13.2 Å². The molecule has 1 unspecified atom stereocenters. The Balaban J connectivity index is 4.00. The van der Waals surface area contributed by atoms with Gasteiger partial charge in [-0.2, -0.15) is 0 Å². The molecule has 1 atom stereocenters. The maximum Gasteiger partial charge on any atom is 0.306 e. The third kappa shape index (κ3) is 58.5. The zero-order valence-corrected chi connectivity index (χ0v) is 48.5. The van der Waals surface area contributed by atoms with E-state index in [0.29, 0.717) is 19.3 Å². The molecule has 72 heavy (non-hydrogen) atoms. The summed E-state index contributed by atoms with van der Waals surface area (Å²) < 4.78 is 16.8. The molecule has 0 fully saturated rings. The number of carbonyl (C=O) groups excluding carboxylic acids is 3. The number of ether oxygens (including phenoxy) is 3. The van der Waals surface area contributed by atoms with E-state index in [1.54, 1.807) is 0 Å². The quantitative estimate of drug-likeness (QED) is 0.0261. The van der Waals surface area contributed by atoms with Crippen LogP contribution in [0.4, 0.5) is 0 Å². The first-order valence-corrected chi connectivity index (χ1v) is 32.0. The number of esters is 3. The first kappa shape index (κ1) is 69.6. The van der Waals surface area contributed by atoms with Crippen LogP contribution >= 0.6 is 0 Å². The highest BCUT2D eigenvalue weighted by Gasteiger charge is 2.19. The number of carbonyl (C=O) groups is 3. The second kappa shape index (κ2) is 61.2. The SMILES string of the molecule is CCCCCC/C=C\C/C=C\CCCCCCCC(=O)OC(COC(=O)CCCCCCCCC)COC(=O)CCCCCCCCCCCCCCCCCCCCC/C=C\CCCCCCCCCC. The van der Waals surface area contributed by atoms with Crippen molar-refractivity contribution in [1.82, 2.24) is 0 Å². The fourth-order valence-corrected chi connectivity index (χ4v) is 9.53. The van der Waals surface area contributed by atoms with Gasteiger partial charge in [-0.15, -0.1) is 0 Å². The largest absolute Gasteiger partial charge is 0.462 e. The molecule has 0 aliphatic heterocycles. The molecule has 0 aliphatic carbocycles. The van der Waals surface area contributed by atoms with Crippen LogP contribution in [-0.4, -0.2) is 37.2 Å². The normalized spacial score (nSPS) is 12.2. The average Bonchev–Trinajstić information content (AvgIpc) is 3.38. The molecule has 0 N–H and O–H groups in total. The standard InChI is InChI=1S/C66H122O6/c1-4-7-10-13-16-18-20-22-24-26-27-28-29-30-31-32-33-34-35-36-37-38-39-40-42-43-45-47-50-53-56-59-65(68)71-62-63(61-70-64(67)58-55-52-49-15-12-9-6-3)72-66(69)60-57-54-51-48-46-44-41-25-23-21-19-17-14-11-8-5-2/h19,21,25-27,41,63H,4-18,20,22-24,28-40,42-62H2,1-3H3/b21-19-,27-26-,41-25-. The van der Waals surface area contributed by atoms with E-state index in [-0.39, 0.29) is 31.1 Å². The lowest BCUT2D eigenvalue weighted by molar-refractivity contribution is -0.167. The zero-order chi connectivity index (χ0) is 52.2. The van der Waals surface area contributed by atoms with Crippen LogP contribution in [0.1, 0.15) is 348 Å². The summed E-state index contributed by atoms with van der Waals surface area (Å²) in [5.41, 5.74) is 0. The molecule has 0 spiro atoms. The van der Waals surface area contributed by atoms with Crippen LogP contribution in [-0.2, 0) is 28.6 Å². The Bertz CT molecular complexity index is 1210. The van der Waals surface area contributed by atoms with E-state index in [1.807, 2.05) is 0 Å². The summed E-state index contributed by atoms with van der Waals surface area (Å²) in [4.78, 5) is 38.0. The van der Waals surface area contributed by atoms with Gasteiger partial charge in [-0.25, -0.2) is 0 Å². The minimum atomic E-state index is -0.774. The third-order valence-electron chi connectivity index (χ3n) is 14.4. The Morgan fingerprint density at radius 3 is 0.792 bits per heavy atom. The number of unbranched alkanes of at least 4 members (excludes halogenated alkanes) is 42. The zero-order valence-electron chi connectivity index (χ0n) is 48.5. The highest BCUT2D eigenvalue weighted by molar-refractivity contribution is 5.71. The van der Waals surface area contributed by atoms with Gasteiger partial charge in [-0.1, -0.05) is 288 Å². The highest BCUT2D eigenvalue weighted by Crippen LogP contribution is 2.17. The van der Waals surface area contributed by atoms with E-state index in [0.717, 1.165) is 83.5 Å². The third-order valence-corrected chi connectivity index (χ3v) is 14.4. The smallest absolute Gasteiger partial charge is 0.306 e. The van der Waals surface area contributed by atoms with Gasteiger partial charge in [0.25, 0.3) is 0 Å². The van der Waals surface area contributed by atoms with E-state index in [9.17, 15) is 14.4 Å². The maximum atomic E-state index is 12.8. The van der Waals surface area contributed by atoms with Gasteiger partial charge < -0.3 is 14.2 Å². The van der Waals surface area contributed by atoms with E-state index in [1.165, 1.54) is 225 Å². The molecule has 0 saturated carbocycles. The average molecular weight is 1010 g/mol. The summed E-state index contributed by atoms with van der Waals surface area (Å²) in [6, 6.07) is 0. The summed E-state index contributed by atoms with van der Waals surface area (Å²) in [7, 11) is 0. The predicted octanol–water partition coefficient (Wildman–Crippen LogP) is 21.6. The Morgan fingerprint density at radius 1 is 0.278 bits per heavy atom. The summed E-state index contributed by atoms with van der Waals surface area (Å²) in [5, 5.41) is 0. The van der Waals surface area contributed by atoms with Crippen LogP contribution < -0.4 is 0 Å². The molecule has 0 amide bonds. The molecule has 0 heterocycles. The Hall–Kier alpha value is -2.37. The van der Waals surface area contributed by atoms with Gasteiger partial charge in [0.15, 0.2) is 6.10 Å². The van der Waals surface area contributed by atoms with Crippen LogP contribution in [0.25, 0.3) is 0 Å². The molecule has 0 rings (SSSR count). The Labute approximate surface area is 448 Å². The molecule has 422 valence electrons. The molecule has 6 heteroatoms. The maximum absolute atomic E-state index is 12.8. The first-order chi connectivity index (χ1) is 35.5. The topological polar surface area (TPSA) is 78.9 Å². The van der Waals surface area contributed by atoms with Gasteiger partial charge in [0, 0.05) is 19.3 Å². The van der Waals surface area contributed by atoms with Crippen molar-refractivity contribution < 1.29 is 28.6 Å². The number of rotatable bonds is 59. The highest BCUT2D eigenvalue weighted by atomic mass is 16.6. The van der Waals surface area contributed by atoms with Crippen molar-refractivity contribution in [1.29, 1.82) is 0 Å². The molecule has 0 bridgehead atoms. The molecule has 6 nitrogen and oxygen atoms in total.